The molecule has 1 aliphatic rings. The number of aromatic nitrogens is 4. The van der Waals surface area contributed by atoms with Gasteiger partial charge in [0.15, 0.2) is 23.0 Å². The van der Waals surface area contributed by atoms with Crippen LogP contribution < -0.4 is 20.1 Å². The second kappa shape index (κ2) is 14.1. The summed E-state index contributed by atoms with van der Waals surface area (Å²) < 4.78 is 18.6. The first-order valence-corrected chi connectivity index (χ1v) is 14.8. The van der Waals surface area contributed by atoms with Crippen molar-refractivity contribution in [1.82, 2.24) is 35.5 Å². The summed E-state index contributed by atoms with van der Waals surface area (Å²) in [6, 6.07) is 15.4. The summed E-state index contributed by atoms with van der Waals surface area (Å²) in [6.45, 7) is 6.48. The van der Waals surface area contributed by atoms with Crippen molar-refractivity contribution < 1.29 is 28.4 Å². The SMILES string of the molecule is COc1ccc2cc1OCCn1nc(C)nc1[C@H](C(C)C)NC(=O)CN(C(=O)c1cc(-c3ccccc3)on1)CCCNC2=O. The molecule has 2 N–H and O–H groups in total. The fourth-order valence-electron chi connectivity index (χ4n) is 5.06. The van der Waals surface area contributed by atoms with Crippen LogP contribution in [-0.4, -0.2) is 75.9 Å². The third-order valence-electron chi connectivity index (χ3n) is 7.35. The van der Waals surface area contributed by atoms with Crippen LogP contribution in [0.25, 0.3) is 11.3 Å². The average Bonchev–Trinajstić information content (AvgIpc) is 3.67. The number of nitrogens with zero attached hydrogens (tertiary/aromatic N) is 5. The van der Waals surface area contributed by atoms with Gasteiger partial charge in [-0.1, -0.05) is 49.3 Å². The molecule has 13 heteroatoms. The van der Waals surface area contributed by atoms with E-state index in [1.54, 1.807) is 35.9 Å². The van der Waals surface area contributed by atoms with Gasteiger partial charge in [-0.25, -0.2) is 9.67 Å². The molecule has 13 nitrogen and oxygen atoms in total. The number of hydrogen-bond donors (Lipinski definition) is 2. The molecule has 2 aromatic heterocycles. The van der Waals surface area contributed by atoms with Gasteiger partial charge in [-0.05, 0) is 37.5 Å². The van der Waals surface area contributed by atoms with Crippen molar-refractivity contribution in [3.63, 3.8) is 0 Å². The Balaban J connectivity index is 1.43. The van der Waals surface area contributed by atoms with Crippen molar-refractivity contribution in [2.75, 3.05) is 33.4 Å². The predicted molar refractivity (Wildman–Crippen MR) is 164 cm³/mol. The smallest absolute Gasteiger partial charge is 0.276 e. The van der Waals surface area contributed by atoms with Gasteiger partial charge in [0.2, 0.25) is 5.91 Å². The summed E-state index contributed by atoms with van der Waals surface area (Å²) in [4.78, 5) is 46.2. The quantitative estimate of drug-likeness (QED) is 0.352. The van der Waals surface area contributed by atoms with E-state index in [1.165, 1.54) is 12.0 Å². The number of rotatable bonds is 4. The lowest BCUT2D eigenvalue weighted by Gasteiger charge is -2.26. The lowest BCUT2D eigenvalue weighted by molar-refractivity contribution is -0.123. The molecule has 45 heavy (non-hydrogen) atoms. The number of carbonyl (C=O) groups is 3. The van der Waals surface area contributed by atoms with Crippen LogP contribution in [0, 0.1) is 12.8 Å². The highest BCUT2D eigenvalue weighted by molar-refractivity contribution is 5.96. The molecule has 4 aromatic rings. The predicted octanol–water partition coefficient (Wildman–Crippen LogP) is 3.42. The minimum Gasteiger partial charge on any atom is -0.493 e. The zero-order valence-electron chi connectivity index (χ0n) is 25.8. The molecular formula is C32H37N7O6. The summed E-state index contributed by atoms with van der Waals surface area (Å²) in [5.41, 5.74) is 1.25. The van der Waals surface area contributed by atoms with Crippen LogP contribution in [0.5, 0.6) is 11.5 Å². The highest BCUT2D eigenvalue weighted by Gasteiger charge is 2.28. The molecule has 3 heterocycles. The Morgan fingerprint density at radius 3 is 2.62 bits per heavy atom. The Kier molecular flexibility index (Phi) is 9.76. The van der Waals surface area contributed by atoms with Crippen LogP contribution in [0.2, 0.25) is 0 Å². The number of ether oxygens (including phenoxy) is 2. The first-order valence-electron chi connectivity index (χ1n) is 14.8. The van der Waals surface area contributed by atoms with Crippen LogP contribution in [0.15, 0.2) is 59.1 Å². The number of amides is 3. The molecule has 0 radical (unpaired) electrons. The maximum atomic E-state index is 13.7. The van der Waals surface area contributed by atoms with E-state index in [0.29, 0.717) is 47.4 Å². The average molecular weight is 616 g/mol. The molecule has 0 unspecified atom stereocenters. The summed E-state index contributed by atoms with van der Waals surface area (Å²) in [6.07, 6.45) is 0.384. The maximum Gasteiger partial charge on any atom is 0.276 e. The fraction of sp³-hybridized carbons (Fsp3) is 0.375. The number of carbonyl (C=O) groups excluding carboxylic acids is 3. The Morgan fingerprint density at radius 2 is 1.87 bits per heavy atom. The topological polar surface area (TPSA) is 154 Å². The number of hydrogen-bond acceptors (Lipinski definition) is 9. The molecule has 0 fully saturated rings. The molecule has 0 saturated carbocycles. The zero-order valence-corrected chi connectivity index (χ0v) is 25.8. The van der Waals surface area contributed by atoms with Crippen molar-refractivity contribution in [2.45, 2.75) is 39.8 Å². The summed E-state index contributed by atoms with van der Waals surface area (Å²) in [5, 5.41) is 14.5. The molecule has 3 amide bonds. The lowest BCUT2D eigenvalue weighted by atomic mass is 10.0. The van der Waals surface area contributed by atoms with Crippen molar-refractivity contribution in [1.29, 1.82) is 0 Å². The highest BCUT2D eigenvalue weighted by atomic mass is 16.5. The van der Waals surface area contributed by atoms with E-state index >= 15 is 0 Å². The fourth-order valence-corrected chi connectivity index (χ4v) is 5.06. The van der Waals surface area contributed by atoms with E-state index in [1.807, 2.05) is 44.2 Å². The molecule has 0 saturated heterocycles. The summed E-state index contributed by atoms with van der Waals surface area (Å²) >= 11 is 0. The van der Waals surface area contributed by atoms with E-state index < -0.39 is 11.9 Å². The molecule has 5 rings (SSSR count). The van der Waals surface area contributed by atoms with Crippen molar-refractivity contribution in [2.24, 2.45) is 5.92 Å². The molecule has 236 valence electrons. The number of nitrogens with one attached hydrogen (secondary N) is 2. The first kappa shape index (κ1) is 31.2. The maximum absolute atomic E-state index is 13.7. The van der Waals surface area contributed by atoms with Gasteiger partial charge in [0.25, 0.3) is 11.8 Å². The molecule has 1 aliphatic heterocycles. The van der Waals surface area contributed by atoms with Crippen molar-refractivity contribution in [3.05, 3.63) is 77.5 Å². The number of methoxy groups -OCH3 is 1. The molecule has 0 spiro atoms. The van der Waals surface area contributed by atoms with E-state index in [0.717, 1.165) is 5.56 Å². The van der Waals surface area contributed by atoms with Gasteiger partial charge in [0, 0.05) is 30.3 Å². The van der Waals surface area contributed by atoms with Crippen LogP contribution in [-0.2, 0) is 11.3 Å². The van der Waals surface area contributed by atoms with E-state index in [2.05, 4.69) is 25.9 Å². The molecule has 2 aromatic carbocycles. The van der Waals surface area contributed by atoms with E-state index in [4.69, 9.17) is 14.0 Å². The Labute approximate surface area is 260 Å². The Hall–Kier alpha value is -5.20. The number of fused-ring (bicyclic) bond motifs is 3. The van der Waals surface area contributed by atoms with Gasteiger partial charge in [-0.3, -0.25) is 14.4 Å². The Morgan fingerprint density at radius 1 is 1.07 bits per heavy atom. The van der Waals surface area contributed by atoms with Gasteiger partial charge in [0.05, 0.1) is 26.2 Å². The van der Waals surface area contributed by atoms with Gasteiger partial charge >= 0.3 is 0 Å². The van der Waals surface area contributed by atoms with Gasteiger partial charge in [-0.2, -0.15) is 5.10 Å². The van der Waals surface area contributed by atoms with Gasteiger partial charge in [-0.15, -0.1) is 0 Å². The normalized spacial score (nSPS) is 16.6. The first-order chi connectivity index (χ1) is 21.7. The number of benzene rings is 2. The van der Waals surface area contributed by atoms with Crippen molar-refractivity contribution >= 4 is 17.7 Å². The number of aryl methyl sites for hydroxylation is 1. The molecular weight excluding hydrogens is 578 g/mol. The monoisotopic (exact) mass is 615 g/mol. The molecule has 1 atom stereocenters. The Bertz CT molecular complexity index is 1650. The lowest BCUT2D eigenvalue weighted by Crippen LogP contribution is -2.44. The minimum atomic E-state index is -0.483. The molecule has 0 aliphatic carbocycles. The van der Waals surface area contributed by atoms with Crippen LogP contribution in [0.1, 0.15) is 58.8 Å². The molecule has 2 bridgehead atoms. The van der Waals surface area contributed by atoms with Crippen LogP contribution in [0.4, 0.5) is 0 Å². The van der Waals surface area contributed by atoms with Crippen LogP contribution in [0.3, 0.4) is 0 Å². The van der Waals surface area contributed by atoms with E-state index in [-0.39, 0.29) is 49.7 Å². The minimum absolute atomic E-state index is 0.0390. The summed E-state index contributed by atoms with van der Waals surface area (Å²) in [5.74, 6) is 1.27. The second-order valence-corrected chi connectivity index (χ2v) is 11.0. The summed E-state index contributed by atoms with van der Waals surface area (Å²) in [7, 11) is 1.53. The van der Waals surface area contributed by atoms with E-state index in [9.17, 15) is 14.4 Å². The van der Waals surface area contributed by atoms with Gasteiger partial charge in [0.1, 0.15) is 18.3 Å². The van der Waals surface area contributed by atoms with Crippen LogP contribution >= 0.6 is 0 Å². The standard InChI is InChI=1S/C32H37N7O6/c1-20(2)29-30-34-21(3)36-39(30)15-16-44-27-17-23(11-12-25(27)43-4)31(41)33-13-8-14-38(19-28(40)35-29)32(42)24-18-26(45-37-24)22-9-6-5-7-10-22/h5-7,9-12,17-18,20,29H,8,13-16,19H2,1-4H3,(H,33,41)(H,35,40)/t29-/m0/s1. The zero-order chi connectivity index (χ0) is 31.9. The van der Waals surface area contributed by atoms with Crippen molar-refractivity contribution in [3.8, 4) is 22.8 Å². The second-order valence-electron chi connectivity index (χ2n) is 11.0. The largest absolute Gasteiger partial charge is 0.493 e. The highest BCUT2D eigenvalue weighted by Crippen LogP contribution is 2.28. The third-order valence-corrected chi connectivity index (χ3v) is 7.35. The van der Waals surface area contributed by atoms with Gasteiger partial charge < -0.3 is 29.5 Å². The third kappa shape index (κ3) is 7.48.